The van der Waals surface area contributed by atoms with Crippen LogP contribution < -0.4 is 10.5 Å². The molecule has 1 aliphatic rings. The molecule has 2 aromatic carbocycles. The van der Waals surface area contributed by atoms with E-state index in [2.05, 4.69) is 0 Å². The molecule has 0 saturated heterocycles. The maximum absolute atomic E-state index is 12.7. The van der Waals surface area contributed by atoms with E-state index in [1.807, 2.05) is 0 Å². The second-order valence-corrected chi connectivity index (χ2v) is 7.03. The molecule has 1 atom stereocenters. The molecular formula is C18H17NO6S. The molecule has 0 aliphatic carbocycles. The summed E-state index contributed by atoms with van der Waals surface area (Å²) in [4.78, 5) is 12.7. The smallest absolute Gasteiger partial charge is 0.313 e. The Hall–Kier alpha value is -3.00. The summed E-state index contributed by atoms with van der Waals surface area (Å²) < 4.78 is 48.1. The molecule has 0 aromatic heterocycles. The molecule has 7 nitrogen and oxygen atoms in total. The third-order valence-electron chi connectivity index (χ3n) is 3.58. The lowest BCUT2D eigenvalue weighted by Crippen LogP contribution is -2.16. The van der Waals surface area contributed by atoms with E-state index in [4.69, 9.17) is 20.8 Å². The van der Waals surface area contributed by atoms with Crippen molar-refractivity contribution in [1.29, 1.82) is 0 Å². The third-order valence-corrected chi connectivity index (χ3v) is 4.68. The Morgan fingerprint density at radius 1 is 1.19 bits per heavy atom. The molecule has 1 heterocycles. The standard InChI is InChI=1S/C18H17NO6S/c1-23-14-9-5-8-13(10-14)16-15(20)17(18(19)24-16)25-26(21,22)11-12-6-3-2-4-7-12/h2-10,16H,11,19H2,1H3/t16-/m0/s1/i16D. The maximum Gasteiger partial charge on any atom is 0.313 e. The summed E-state index contributed by atoms with van der Waals surface area (Å²) in [5.74, 6) is -2.33. The van der Waals surface area contributed by atoms with E-state index in [-0.39, 0.29) is 5.56 Å². The van der Waals surface area contributed by atoms with Gasteiger partial charge in [-0.15, -0.1) is 0 Å². The summed E-state index contributed by atoms with van der Waals surface area (Å²) in [6.07, 6.45) is -2.25. The van der Waals surface area contributed by atoms with Crippen LogP contribution in [0.15, 0.2) is 66.2 Å². The average Bonchev–Trinajstić information content (AvgIpc) is 2.86. The summed E-state index contributed by atoms with van der Waals surface area (Å²) in [6.45, 7) is 0. The van der Waals surface area contributed by atoms with Gasteiger partial charge in [0.15, 0.2) is 6.08 Å². The summed E-state index contributed by atoms with van der Waals surface area (Å²) >= 11 is 0. The first-order valence-corrected chi connectivity index (χ1v) is 9.17. The van der Waals surface area contributed by atoms with Gasteiger partial charge in [0.05, 0.1) is 8.48 Å². The minimum Gasteiger partial charge on any atom is -0.497 e. The molecule has 0 fully saturated rings. The number of Topliss-reactive ketones (excluding diaryl/α,β-unsaturated/α-hetero) is 1. The highest BCUT2D eigenvalue weighted by atomic mass is 32.2. The van der Waals surface area contributed by atoms with Crippen LogP contribution in [0.4, 0.5) is 0 Å². The quantitative estimate of drug-likeness (QED) is 0.769. The molecule has 0 radical (unpaired) electrons. The van der Waals surface area contributed by atoms with E-state index >= 15 is 0 Å². The third kappa shape index (κ3) is 3.80. The highest BCUT2D eigenvalue weighted by Crippen LogP contribution is 2.33. The predicted octanol–water partition coefficient (Wildman–Crippen LogP) is 2.01. The van der Waals surface area contributed by atoms with Gasteiger partial charge in [-0.25, -0.2) is 0 Å². The molecule has 26 heavy (non-hydrogen) atoms. The van der Waals surface area contributed by atoms with Gasteiger partial charge in [0.25, 0.3) is 0 Å². The molecule has 136 valence electrons. The first kappa shape index (κ1) is 16.5. The fraction of sp³-hybridized carbons (Fsp3) is 0.167. The zero-order chi connectivity index (χ0) is 19.7. The van der Waals surface area contributed by atoms with Gasteiger partial charge in [-0.05, 0) is 17.7 Å². The largest absolute Gasteiger partial charge is 0.497 e. The van der Waals surface area contributed by atoms with Crippen LogP contribution in [0.2, 0.25) is 0 Å². The number of ether oxygens (including phenoxy) is 2. The minimum atomic E-state index is -4.18. The fourth-order valence-electron chi connectivity index (χ4n) is 2.39. The molecule has 0 amide bonds. The monoisotopic (exact) mass is 376 g/mol. The molecular weight excluding hydrogens is 358 g/mol. The number of hydrogen-bond donors (Lipinski definition) is 1. The number of carbonyl (C=O) groups is 1. The van der Waals surface area contributed by atoms with Crippen molar-refractivity contribution in [3.05, 3.63) is 77.4 Å². The van der Waals surface area contributed by atoms with E-state index in [0.29, 0.717) is 11.3 Å². The Labute approximate surface area is 152 Å². The van der Waals surface area contributed by atoms with Crippen molar-refractivity contribution in [2.24, 2.45) is 5.73 Å². The summed E-state index contributed by atoms with van der Waals surface area (Å²) in [7, 11) is -2.74. The Bertz CT molecular complexity index is 1010. The summed E-state index contributed by atoms with van der Waals surface area (Å²) in [5, 5.41) is 0. The van der Waals surface area contributed by atoms with Crippen LogP contribution in [0.3, 0.4) is 0 Å². The lowest BCUT2D eigenvalue weighted by Gasteiger charge is -2.11. The predicted molar refractivity (Wildman–Crippen MR) is 93.2 cm³/mol. The number of benzene rings is 2. The number of ketones is 1. The molecule has 8 heteroatoms. The SMILES string of the molecule is [2H][C@@]1(c2cccc(OC)c2)OC(N)=C(OS(=O)(=O)Cc2ccccc2)C1=O. The van der Waals surface area contributed by atoms with Gasteiger partial charge < -0.3 is 19.4 Å². The van der Waals surface area contributed by atoms with E-state index in [1.165, 1.54) is 19.2 Å². The maximum atomic E-state index is 12.7. The van der Waals surface area contributed by atoms with Crippen LogP contribution in [0.5, 0.6) is 5.75 Å². The topological polar surface area (TPSA) is 105 Å². The van der Waals surface area contributed by atoms with Gasteiger partial charge in [-0.2, -0.15) is 8.42 Å². The van der Waals surface area contributed by atoms with Gasteiger partial charge >= 0.3 is 10.1 Å². The van der Waals surface area contributed by atoms with Crippen LogP contribution in [0, 0.1) is 0 Å². The highest BCUT2D eigenvalue weighted by molar-refractivity contribution is 7.86. The molecule has 0 saturated carbocycles. The molecule has 0 unspecified atom stereocenters. The van der Waals surface area contributed by atoms with Gasteiger partial charge in [0.1, 0.15) is 11.5 Å². The molecule has 2 N–H and O–H groups in total. The lowest BCUT2D eigenvalue weighted by atomic mass is 10.1. The van der Waals surface area contributed by atoms with Gasteiger partial charge in [0, 0.05) is 5.56 Å². The zero-order valence-electron chi connectivity index (χ0n) is 14.8. The second-order valence-electron chi connectivity index (χ2n) is 5.46. The Morgan fingerprint density at radius 2 is 1.92 bits per heavy atom. The second kappa shape index (κ2) is 7.09. The molecule has 0 bridgehead atoms. The minimum absolute atomic E-state index is 0.133. The average molecular weight is 376 g/mol. The molecule has 3 rings (SSSR count). The van der Waals surface area contributed by atoms with Crippen molar-refractivity contribution in [3.8, 4) is 5.75 Å². The first-order chi connectivity index (χ1) is 12.7. The zero-order valence-corrected chi connectivity index (χ0v) is 14.7. The summed E-state index contributed by atoms with van der Waals surface area (Å²) in [6, 6.07) is 14.4. The van der Waals surface area contributed by atoms with Crippen LogP contribution >= 0.6 is 0 Å². The van der Waals surface area contributed by atoms with Crippen molar-refractivity contribution in [2.75, 3.05) is 7.11 Å². The van der Waals surface area contributed by atoms with Crippen LogP contribution in [-0.4, -0.2) is 21.3 Å². The highest BCUT2D eigenvalue weighted by Gasteiger charge is 2.39. The summed E-state index contributed by atoms with van der Waals surface area (Å²) in [5.41, 5.74) is 6.26. The van der Waals surface area contributed by atoms with E-state index in [1.54, 1.807) is 42.5 Å². The Balaban J connectivity index is 1.85. The van der Waals surface area contributed by atoms with Crippen LogP contribution in [-0.2, 0) is 29.6 Å². The van der Waals surface area contributed by atoms with E-state index in [9.17, 15) is 13.2 Å². The van der Waals surface area contributed by atoms with Crippen molar-refractivity contribution in [1.82, 2.24) is 0 Å². The van der Waals surface area contributed by atoms with Gasteiger partial charge in [0.2, 0.25) is 17.4 Å². The Morgan fingerprint density at radius 3 is 2.62 bits per heavy atom. The van der Waals surface area contributed by atoms with E-state index < -0.39 is 39.4 Å². The number of nitrogens with two attached hydrogens (primary N) is 1. The van der Waals surface area contributed by atoms with Gasteiger partial charge in [-0.3, -0.25) is 4.79 Å². The van der Waals surface area contributed by atoms with Crippen LogP contribution in [0.25, 0.3) is 0 Å². The fourth-order valence-corrected chi connectivity index (χ4v) is 3.46. The number of carbonyl (C=O) groups excluding carboxylic acids is 1. The number of hydrogen-bond acceptors (Lipinski definition) is 7. The number of rotatable bonds is 6. The molecule has 0 spiro atoms. The molecule has 2 aromatic rings. The lowest BCUT2D eigenvalue weighted by molar-refractivity contribution is -0.123. The Kier molecular flexibility index (Phi) is 4.49. The number of methoxy groups -OCH3 is 1. The van der Waals surface area contributed by atoms with Crippen molar-refractivity contribution in [3.63, 3.8) is 0 Å². The van der Waals surface area contributed by atoms with Gasteiger partial charge in [-0.1, -0.05) is 42.5 Å². The van der Waals surface area contributed by atoms with Crippen molar-refractivity contribution >= 4 is 15.9 Å². The van der Waals surface area contributed by atoms with Crippen LogP contribution in [0.1, 0.15) is 18.6 Å². The van der Waals surface area contributed by atoms with E-state index in [0.717, 1.165) is 0 Å². The van der Waals surface area contributed by atoms with Crippen molar-refractivity contribution < 1.29 is 28.2 Å². The van der Waals surface area contributed by atoms with Crippen molar-refractivity contribution in [2.45, 2.75) is 11.8 Å². The molecule has 1 aliphatic heterocycles. The first-order valence-electron chi connectivity index (χ1n) is 8.09. The normalized spacial score (nSPS) is 20.5.